The van der Waals surface area contributed by atoms with Crippen LogP contribution in [-0.2, 0) is 4.79 Å². The SMILES string of the molecule is CCCCC(=O)N1c2ncnn2[C@H](c2ccccc2)C[C@H]1c1ccc(C)cc1. The number of amides is 1. The van der Waals surface area contributed by atoms with Crippen molar-refractivity contribution in [3.8, 4) is 0 Å². The number of fused-ring (bicyclic) bond motifs is 1. The summed E-state index contributed by atoms with van der Waals surface area (Å²) in [5.41, 5.74) is 3.55. The van der Waals surface area contributed by atoms with E-state index in [9.17, 15) is 4.79 Å². The Labute approximate surface area is 166 Å². The van der Waals surface area contributed by atoms with E-state index < -0.39 is 0 Å². The number of carbonyl (C=O) groups excluding carboxylic acids is 1. The molecule has 1 aliphatic rings. The molecule has 0 spiro atoms. The lowest BCUT2D eigenvalue weighted by Gasteiger charge is -2.39. The van der Waals surface area contributed by atoms with E-state index >= 15 is 0 Å². The summed E-state index contributed by atoms with van der Waals surface area (Å²) in [6, 6.07) is 18.9. The van der Waals surface area contributed by atoms with Crippen LogP contribution in [0.4, 0.5) is 5.95 Å². The molecule has 0 N–H and O–H groups in total. The monoisotopic (exact) mass is 374 g/mol. The molecular weight excluding hydrogens is 348 g/mol. The summed E-state index contributed by atoms with van der Waals surface area (Å²) in [5.74, 6) is 0.764. The zero-order chi connectivity index (χ0) is 19.5. The predicted molar refractivity (Wildman–Crippen MR) is 110 cm³/mol. The van der Waals surface area contributed by atoms with Crippen LogP contribution in [-0.4, -0.2) is 20.7 Å². The summed E-state index contributed by atoms with van der Waals surface area (Å²) in [5, 5.41) is 4.48. The standard InChI is InChI=1S/C23H26N4O/c1-3-4-10-22(28)26-20(19-13-11-17(2)12-14-19)15-21(18-8-6-5-7-9-18)27-23(26)24-16-25-27/h5-9,11-14,16,20-21H,3-4,10,15H2,1-2H3/t20-,21-/m0/s1. The zero-order valence-electron chi connectivity index (χ0n) is 16.5. The minimum Gasteiger partial charge on any atom is -0.274 e. The molecule has 3 aromatic rings. The molecule has 4 rings (SSSR count). The molecule has 0 bridgehead atoms. The molecule has 0 saturated carbocycles. The number of aryl methyl sites for hydroxylation is 1. The number of unbranched alkanes of at least 4 members (excludes halogenated alkanes) is 1. The lowest BCUT2D eigenvalue weighted by molar-refractivity contribution is -0.119. The molecule has 0 aliphatic carbocycles. The van der Waals surface area contributed by atoms with Crippen LogP contribution >= 0.6 is 0 Å². The molecule has 28 heavy (non-hydrogen) atoms. The summed E-state index contributed by atoms with van der Waals surface area (Å²) >= 11 is 0. The molecule has 1 aromatic heterocycles. The second-order valence-corrected chi connectivity index (χ2v) is 7.46. The fourth-order valence-electron chi connectivity index (χ4n) is 3.95. The summed E-state index contributed by atoms with van der Waals surface area (Å²) in [6.45, 7) is 4.19. The van der Waals surface area contributed by atoms with Crippen LogP contribution in [0.5, 0.6) is 0 Å². The Morgan fingerprint density at radius 1 is 1.04 bits per heavy atom. The molecule has 0 saturated heterocycles. The van der Waals surface area contributed by atoms with Gasteiger partial charge in [-0.05, 0) is 30.9 Å². The van der Waals surface area contributed by atoms with Gasteiger partial charge in [-0.2, -0.15) is 10.1 Å². The van der Waals surface area contributed by atoms with E-state index in [4.69, 9.17) is 0 Å². The van der Waals surface area contributed by atoms with Crippen LogP contribution in [0.1, 0.15) is 61.4 Å². The normalized spacial score (nSPS) is 18.7. The van der Waals surface area contributed by atoms with Crippen molar-refractivity contribution < 1.29 is 4.79 Å². The lowest BCUT2D eigenvalue weighted by atomic mass is 9.91. The second kappa shape index (κ2) is 7.97. The van der Waals surface area contributed by atoms with Crippen molar-refractivity contribution >= 4 is 11.9 Å². The molecule has 0 unspecified atom stereocenters. The maximum absolute atomic E-state index is 13.2. The first-order valence-corrected chi connectivity index (χ1v) is 10.0. The fourth-order valence-corrected chi connectivity index (χ4v) is 3.95. The largest absolute Gasteiger partial charge is 0.274 e. The minimum absolute atomic E-state index is 0.0492. The van der Waals surface area contributed by atoms with Crippen molar-refractivity contribution in [2.75, 3.05) is 4.90 Å². The van der Waals surface area contributed by atoms with Crippen LogP contribution in [0.25, 0.3) is 0 Å². The summed E-state index contributed by atoms with van der Waals surface area (Å²) in [6.07, 6.45) is 4.74. The summed E-state index contributed by atoms with van der Waals surface area (Å²) in [7, 11) is 0. The number of rotatable bonds is 5. The topological polar surface area (TPSA) is 51.0 Å². The quantitative estimate of drug-likeness (QED) is 0.642. The molecule has 2 heterocycles. The van der Waals surface area contributed by atoms with Crippen molar-refractivity contribution in [1.29, 1.82) is 0 Å². The van der Waals surface area contributed by atoms with E-state index in [1.54, 1.807) is 6.33 Å². The third-order valence-corrected chi connectivity index (χ3v) is 5.48. The highest BCUT2D eigenvalue weighted by atomic mass is 16.2. The number of hydrogen-bond acceptors (Lipinski definition) is 3. The van der Waals surface area contributed by atoms with Crippen LogP contribution in [0, 0.1) is 6.92 Å². The summed E-state index contributed by atoms with van der Waals surface area (Å²) < 4.78 is 1.91. The van der Waals surface area contributed by atoms with Gasteiger partial charge < -0.3 is 0 Å². The van der Waals surface area contributed by atoms with Gasteiger partial charge in [-0.25, -0.2) is 4.68 Å². The van der Waals surface area contributed by atoms with Gasteiger partial charge >= 0.3 is 0 Å². The van der Waals surface area contributed by atoms with Crippen molar-refractivity contribution in [3.63, 3.8) is 0 Å². The highest BCUT2D eigenvalue weighted by molar-refractivity contribution is 5.92. The van der Waals surface area contributed by atoms with E-state index in [-0.39, 0.29) is 18.0 Å². The van der Waals surface area contributed by atoms with E-state index in [0.29, 0.717) is 12.4 Å². The molecule has 0 radical (unpaired) electrons. The van der Waals surface area contributed by atoms with Gasteiger partial charge in [0.15, 0.2) is 0 Å². The Morgan fingerprint density at radius 2 is 1.75 bits per heavy atom. The zero-order valence-corrected chi connectivity index (χ0v) is 16.5. The highest BCUT2D eigenvalue weighted by Gasteiger charge is 2.38. The van der Waals surface area contributed by atoms with E-state index in [1.807, 2.05) is 27.8 Å². The van der Waals surface area contributed by atoms with Gasteiger partial charge in [-0.1, -0.05) is 73.5 Å². The second-order valence-electron chi connectivity index (χ2n) is 7.46. The maximum Gasteiger partial charge on any atom is 0.231 e. The first kappa shape index (κ1) is 18.4. The van der Waals surface area contributed by atoms with E-state index in [1.165, 1.54) is 11.1 Å². The predicted octanol–water partition coefficient (Wildman–Crippen LogP) is 4.84. The summed E-state index contributed by atoms with van der Waals surface area (Å²) in [4.78, 5) is 19.5. The average molecular weight is 374 g/mol. The Hall–Kier alpha value is -2.95. The Kier molecular flexibility index (Phi) is 5.24. The molecular formula is C23H26N4O. The first-order chi connectivity index (χ1) is 13.7. The molecule has 1 aliphatic heterocycles. The van der Waals surface area contributed by atoms with Crippen LogP contribution in [0.2, 0.25) is 0 Å². The van der Waals surface area contributed by atoms with Gasteiger partial charge in [0.25, 0.3) is 0 Å². The first-order valence-electron chi connectivity index (χ1n) is 10.0. The molecule has 0 fully saturated rings. The lowest BCUT2D eigenvalue weighted by Crippen LogP contribution is -2.42. The number of carbonyl (C=O) groups is 1. The Balaban J connectivity index is 1.79. The molecule has 2 aromatic carbocycles. The number of hydrogen-bond donors (Lipinski definition) is 0. The van der Waals surface area contributed by atoms with Crippen molar-refractivity contribution in [1.82, 2.24) is 14.8 Å². The fraction of sp³-hybridized carbons (Fsp3) is 0.348. The smallest absolute Gasteiger partial charge is 0.231 e. The molecule has 144 valence electrons. The van der Waals surface area contributed by atoms with Crippen molar-refractivity contribution in [3.05, 3.63) is 77.6 Å². The van der Waals surface area contributed by atoms with E-state index in [2.05, 4.69) is 60.3 Å². The third kappa shape index (κ3) is 3.44. The van der Waals surface area contributed by atoms with Gasteiger partial charge in [0, 0.05) is 6.42 Å². The number of anilines is 1. The van der Waals surface area contributed by atoms with Crippen molar-refractivity contribution in [2.45, 2.75) is 51.6 Å². The maximum atomic E-state index is 13.2. The molecule has 5 heteroatoms. The Morgan fingerprint density at radius 3 is 2.46 bits per heavy atom. The molecule has 1 amide bonds. The highest BCUT2D eigenvalue weighted by Crippen LogP contribution is 2.42. The van der Waals surface area contributed by atoms with Gasteiger partial charge in [0.05, 0.1) is 12.1 Å². The average Bonchev–Trinajstić information content (AvgIpc) is 3.21. The third-order valence-electron chi connectivity index (χ3n) is 5.48. The van der Waals surface area contributed by atoms with Crippen LogP contribution in [0.3, 0.4) is 0 Å². The van der Waals surface area contributed by atoms with Crippen LogP contribution < -0.4 is 4.90 Å². The molecule has 5 nitrogen and oxygen atoms in total. The van der Waals surface area contributed by atoms with Gasteiger partial charge in [0.1, 0.15) is 6.33 Å². The van der Waals surface area contributed by atoms with Gasteiger partial charge in [0.2, 0.25) is 11.9 Å². The number of nitrogens with zero attached hydrogens (tertiary/aromatic N) is 4. The number of benzene rings is 2. The van der Waals surface area contributed by atoms with Gasteiger partial charge in [-0.15, -0.1) is 0 Å². The number of aromatic nitrogens is 3. The molecule has 2 atom stereocenters. The van der Waals surface area contributed by atoms with Gasteiger partial charge in [-0.3, -0.25) is 9.69 Å². The van der Waals surface area contributed by atoms with Crippen LogP contribution in [0.15, 0.2) is 60.9 Å². The Bertz CT molecular complexity index is 933. The minimum atomic E-state index is -0.0492. The van der Waals surface area contributed by atoms with E-state index in [0.717, 1.165) is 24.8 Å². The van der Waals surface area contributed by atoms with Crippen molar-refractivity contribution in [2.24, 2.45) is 0 Å².